The van der Waals surface area contributed by atoms with Gasteiger partial charge < -0.3 is 5.32 Å². The second-order valence-electron chi connectivity index (χ2n) is 4.15. The Labute approximate surface area is 109 Å². The van der Waals surface area contributed by atoms with Crippen molar-refractivity contribution in [1.82, 2.24) is 0 Å². The lowest BCUT2D eigenvalue weighted by Gasteiger charge is -2.08. The van der Waals surface area contributed by atoms with Gasteiger partial charge in [0.15, 0.2) is 0 Å². The molecule has 18 heavy (non-hydrogen) atoms. The molecule has 0 saturated heterocycles. The van der Waals surface area contributed by atoms with Gasteiger partial charge in [0.25, 0.3) is 0 Å². The van der Waals surface area contributed by atoms with Crippen molar-refractivity contribution in [2.45, 2.75) is 13.5 Å². The highest BCUT2D eigenvalue weighted by Gasteiger charge is 2.01. The highest BCUT2D eigenvalue weighted by atomic mass is 35.5. The van der Waals surface area contributed by atoms with Gasteiger partial charge in [-0.25, -0.2) is 8.78 Å². The number of nitrogens with one attached hydrogen (secondary N) is 1. The lowest BCUT2D eigenvalue weighted by atomic mass is 10.2. The van der Waals surface area contributed by atoms with Crippen LogP contribution in [0.4, 0.5) is 14.5 Å². The van der Waals surface area contributed by atoms with E-state index in [1.165, 1.54) is 24.3 Å². The molecular formula is C14H12ClF2N. The van der Waals surface area contributed by atoms with E-state index in [4.69, 9.17) is 11.6 Å². The topological polar surface area (TPSA) is 12.0 Å². The van der Waals surface area contributed by atoms with E-state index in [2.05, 4.69) is 5.32 Å². The van der Waals surface area contributed by atoms with Gasteiger partial charge in [0.05, 0.1) is 0 Å². The quantitative estimate of drug-likeness (QED) is 0.861. The van der Waals surface area contributed by atoms with Crippen LogP contribution in [0.3, 0.4) is 0 Å². The van der Waals surface area contributed by atoms with Gasteiger partial charge in [-0.2, -0.15) is 0 Å². The lowest BCUT2D eigenvalue weighted by molar-refractivity contribution is 0.625. The van der Waals surface area contributed by atoms with Crippen molar-refractivity contribution in [2.24, 2.45) is 0 Å². The van der Waals surface area contributed by atoms with E-state index in [-0.39, 0.29) is 11.6 Å². The van der Waals surface area contributed by atoms with Crippen LogP contribution in [0.5, 0.6) is 0 Å². The van der Waals surface area contributed by atoms with Crippen molar-refractivity contribution in [3.05, 3.63) is 64.2 Å². The maximum absolute atomic E-state index is 13.2. The summed E-state index contributed by atoms with van der Waals surface area (Å²) >= 11 is 5.75. The molecule has 2 aromatic carbocycles. The van der Waals surface area contributed by atoms with Crippen molar-refractivity contribution in [3.8, 4) is 0 Å². The van der Waals surface area contributed by atoms with Crippen LogP contribution in [0, 0.1) is 18.6 Å². The van der Waals surface area contributed by atoms with Gasteiger partial charge in [-0.3, -0.25) is 0 Å². The molecule has 94 valence electrons. The molecule has 0 fully saturated rings. The van der Waals surface area contributed by atoms with E-state index in [0.717, 1.165) is 5.56 Å². The Balaban J connectivity index is 2.11. The van der Waals surface area contributed by atoms with Crippen LogP contribution < -0.4 is 5.32 Å². The summed E-state index contributed by atoms with van der Waals surface area (Å²) in [5.41, 5.74) is 2.20. The number of hydrogen-bond donors (Lipinski definition) is 1. The van der Waals surface area contributed by atoms with Crippen molar-refractivity contribution in [2.75, 3.05) is 5.32 Å². The largest absolute Gasteiger partial charge is 0.381 e. The molecule has 0 spiro atoms. The second kappa shape index (κ2) is 5.36. The molecular weight excluding hydrogens is 256 g/mol. The van der Waals surface area contributed by atoms with Gasteiger partial charge in [0, 0.05) is 17.3 Å². The summed E-state index contributed by atoms with van der Waals surface area (Å²) < 4.78 is 26.3. The summed E-state index contributed by atoms with van der Waals surface area (Å²) in [6.45, 7) is 2.20. The maximum atomic E-state index is 13.2. The third kappa shape index (κ3) is 3.44. The van der Waals surface area contributed by atoms with Crippen LogP contribution in [0.1, 0.15) is 11.1 Å². The fraction of sp³-hybridized carbons (Fsp3) is 0.143. The molecule has 0 atom stereocenters. The van der Waals surface area contributed by atoms with Gasteiger partial charge in [-0.15, -0.1) is 0 Å². The molecule has 0 aliphatic rings. The van der Waals surface area contributed by atoms with E-state index in [0.29, 0.717) is 22.8 Å². The summed E-state index contributed by atoms with van der Waals surface area (Å²) in [6, 6.07) is 8.98. The molecule has 0 aliphatic heterocycles. The number of anilines is 1. The summed E-state index contributed by atoms with van der Waals surface area (Å²) in [5.74, 6) is -0.676. The molecule has 0 heterocycles. The molecule has 0 unspecified atom stereocenters. The standard InChI is InChI=1S/C14H12ClF2N/c1-9-2-12(16)7-14(3-9)18-8-10-4-11(15)6-13(17)5-10/h2-7,18H,8H2,1H3. The maximum Gasteiger partial charge on any atom is 0.125 e. The van der Waals surface area contributed by atoms with Crippen molar-refractivity contribution in [1.29, 1.82) is 0 Å². The summed E-state index contributed by atoms with van der Waals surface area (Å²) in [5, 5.41) is 3.38. The Morgan fingerprint density at radius 2 is 1.72 bits per heavy atom. The molecule has 0 radical (unpaired) electrons. The first-order chi connectivity index (χ1) is 8.52. The van der Waals surface area contributed by atoms with Crippen LogP contribution >= 0.6 is 11.6 Å². The van der Waals surface area contributed by atoms with E-state index in [1.807, 2.05) is 13.0 Å². The van der Waals surface area contributed by atoms with E-state index >= 15 is 0 Å². The molecule has 0 amide bonds. The second-order valence-corrected chi connectivity index (χ2v) is 4.58. The minimum Gasteiger partial charge on any atom is -0.381 e. The smallest absolute Gasteiger partial charge is 0.125 e. The zero-order chi connectivity index (χ0) is 13.1. The van der Waals surface area contributed by atoms with Crippen LogP contribution in [-0.4, -0.2) is 0 Å². The molecule has 0 aromatic heterocycles. The fourth-order valence-corrected chi connectivity index (χ4v) is 2.00. The first-order valence-corrected chi connectivity index (χ1v) is 5.87. The first kappa shape index (κ1) is 12.8. The predicted octanol–water partition coefficient (Wildman–Crippen LogP) is 4.54. The summed E-state index contributed by atoms with van der Waals surface area (Å²) in [4.78, 5) is 0. The summed E-state index contributed by atoms with van der Waals surface area (Å²) in [6.07, 6.45) is 0. The molecule has 0 aliphatic carbocycles. The zero-order valence-electron chi connectivity index (χ0n) is 9.81. The zero-order valence-corrected chi connectivity index (χ0v) is 10.6. The lowest BCUT2D eigenvalue weighted by Crippen LogP contribution is -2.00. The predicted molar refractivity (Wildman–Crippen MR) is 69.9 cm³/mol. The average molecular weight is 268 g/mol. The molecule has 0 bridgehead atoms. The molecule has 2 rings (SSSR count). The third-order valence-corrected chi connectivity index (χ3v) is 2.68. The first-order valence-electron chi connectivity index (χ1n) is 5.49. The van der Waals surface area contributed by atoms with Crippen LogP contribution in [0.25, 0.3) is 0 Å². The van der Waals surface area contributed by atoms with Gasteiger partial charge in [0.1, 0.15) is 11.6 Å². The van der Waals surface area contributed by atoms with Crippen LogP contribution in [-0.2, 0) is 6.54 Å². The Morgan fingerprint density at radius 1 is 1.00 bits per heavy atom. The van der Waals surface area contributed by atoms with E-state index < -0.39 is 0 Å². The van der Waals surface area contributed by atoms with Gasteiger partial charge in [0.2, 0.25) is 0 Å². The Hall–Kier alpha value is -1.61. The van der Waals surface area contributed by atoms with Crippen molar-refractivity contribution in [3.63, 3.8) is 0 Å². The van der Waals surface area contributed by atoms with Gasteiger partial charge in [-0.1, -0.05) is 11.6 Å². The monoisotopic (exact) mass is 267 g/mol. The highest BCUT2D eigenvalue weighted by molar-refractivity contribution is 6.30. The third-order valence-electron chi connectivity index (χ3n) is 2.46. The minimum atomic E-state index is -0.380. The van der Waals surface area contributed by atoms with Gasteiger partial charge in [-0.05, 0) is 54.4 Å². The van der Waals surface area contributed by atoms with Crippen LogP contribution in [0.2, 0.25) is 5.02 Å². The van der Waals surface area contributed by atoms with Gasteiger partial charge >= 0.3 is 0 Å². The Kier molecular flexibility index (Phi) is 3.82. The molecule has 1 N–H and O–H groups in total. The summed E-state index contributed by atoms with van der Waals surface area (Å²) in [7, 11) is 0. The molecule has 0 saturated carbocycles. The Bertz CT molecular complexity index is 478. The Morgan fingerprint density at radius 3 is 2.39 bits per heavy atom. The fourth-order valence-electron chi connectivity index (χ4n) is 1.76. The van der Waals surface area contributed by atoms with Crippen molar-refractivity contribution >= 4 is 17.3 Å². The number of halogens is 3. The van der Waals surface area contributed by atoms with Crippen LogP contribution in [0.15, 0.2) is 36.4 Å². The molecule has 4 heteroatoms. The van der Waals surface area contributed by atoms with E-state index in [9.17, 15) is 8.78 Å². The number of benzene rings is 2. The number of rotatable bonds is 3. The normalized spacial score (nSPS) is 10.4. The molecule has 1 nitrogen and oxygen atoms in total. The minimum absolute atomic E-state index is 0.297. The highest BCUT2D eigenvalue weighted by Crippen LogP contribution is 2.17. The van der Waals surface area contributed by atoms with E-state index in [1.54, 1.807) is 6.07 Å². The molecule has 2 aromatic rings. The van der Waals surface area contributed by atoms with Crippen molar-refractivity contribution < 1.29 is 8.78 Å². The number of aryl methyl sites for hydroxylation is 1. The number of hydrogen-bond acceptors (Lipinski definition) is 1. The average Bonchev–Trinajstić information content (AvgIpc) is 2.23. The SMILES string of the molecule is Cc1cc(F)cc(NCc2cc(F)cc(Cl)c2)c1.